The van der Waals surface area contributed by atoms with Crippen molar-refractivity contribution in [3.63, 3.8) is 0 Å². The number of H-pyrrole nitrogens is 1. The maximum atomic E-state index is 13.2. The molecule has 1 amide bonds. The van der Waals surface area contributed by atoms with Crippen LogP contribution in [0.2, 0.25) is 0 Å². The van der Waals surface area contributed by atoms with Crippen molar-refractivity contribution in [3.8, 4) is 22.8 Å². The first kappa shape index (κ1) is 30.3. The normalized spacial score (nSPS) is 20.8. The molecule has 7 rings (SSSR count). The van der Waals surface area contributed by atoms with Gasteiger partial charge in [-0.25, -0.2) is 4.79 Å². The third-order valence-corrected chi connectivity index (χ3v) is 8.86. The number of aromatic amines is 1. The molecule has 2 fully saturated rings. The molecule has 10 nitrogen and oxygen atoms in total. The minimum Gasteiger partial charge on any atom is -0.493 e. The van der Waals surface area contributed by atoms with Crippen molar-refractivity contribution in [1.82, 2.24) is 15.1 Å². The van der Waals surface area contributed by atoms with E-state index >= 15 is 0 Å². The van der Waals surface area contributed by atoms with Crippen LogP contribution in [-0.2, 0) is 15.0 Å². The van der Waals surface area contributed by atoms with Gasteiger partial charge in [0, 0.05) is 60.5 Å². The smallest absolute Gasteiger partial charge is 0.490 e. The van der Waals surface area contributed by atoms with Gasteiger partial charge in [-0.1, -0.05) is 24.3 Å². The molecule has 236 valence electrons. The van der Waals surface area contributed by atoms with E-state index in [4.69, 9.17) is 19.4 Å². The van der Waals surface area contributed by atoms with Crippen molar-refractivity contribution in [2.75, 3.05) is 57.7 Å². The number of amides is 1. The number of likely N-dealkylation sites (N-methyl/N-ethyl adjacent to an activating group) is 1. The number of methoxy groups -OCH3 is 2. The Bertz CT molecular complexity index is 1770. The zero-order chi connectivity index (χ0) is 32.1. The molecule has 1 aliphatic carbocycles. The summed E-state index contributed by atoms with van der Waals surface area (Å²) in [6.45, 7) is 4.28. The second-order valence-electron chi connectivity index (χ2n) is 11.5. The molecule has 2 atom stereocenters. The van der Waals surface area contributed by atoms with Crippen LogP contribution in [-0.4, -0.2) is 85.7 Å². The fourth-order valence-electron chi connectivity index (χ4n) is 6.29. The highest BCUT2D eigenvalue weighted by atomic mass is 19.4. The summed E-state index contributed by atoms with van der Waals surface area (Å²) in [5.41, 5.74) is 6.63. The number of rotatable bonds is 5. The van der Waals surface area contributed by atoms with Crippen LogP contribution in [0.25, 0.3) is 22.2 Å². The molecule has 4 aromatic rings. The van der Waals surface area contributed by atoms with Gasteiger partial charge in [-0.2, -0.15) is 18.3 Å². The molecule has 1 aromatic heterocycles. The van der Waals surface area contributed by atoms with Crippen molar-refractivity contribution >= 4 is 34.2 Å². The van der Waals surface area contributed by atoms with Crippen LogP contribution < -0.4 is 19.7 Å². The summed E-state index contributed by atoms with van der Waals surface area (Å²) in [6.07, 6.45) is -4.32. The summed E-state index contributed by atoms with van der Waals surface area (Å²) in [5.74, 6) is -1.36. The lowest BCUT2D eigenvalue weighted by atomic mass is 9.91. The number of nitrogens with zero attached hydrogens (tertiary/aromatic N) is 3. The first-order valence-electron chi connectivity index (χ1n) is 14.4. The summed E-state index contributed by atoms with van der Waals surface area (Å²) < 4.78 is 42.7. The van der Waals surface area contributed by atoms with Gasteiger partial charge in [0.25, 0.3) is 0 Å². The Labute approximate surface area is 256 Å². The predicted octanol–water partition coefficient (Wildman–Crippen LogP) is 5.01. The molecule has 1 spiro atoms. The van der Waals surface area contributed by atoms with Crippen LogP contribution in [0.3, 0.4) is 0 Å². The van der Waals surface area contributed by atoms with Crippen LogP contribution in [0.1, 0.15) is 23.5 Å². The number of piperazine rings is 1. The van der Waals surface area contributed by atoms with Gasteiger partial charge in [0.1, 0.15) is 0 Å². The number of aromatic nitrogens is 2. The number of hydrogen-bond donors (Lipinski definition) is 3. The molecule has 1 saturated heterocycles. The number of fused-ring (bicyclic) bond motifs is 3. The van der Waals surface area contributed by atoms with Gasteiger partial charge < -0.3 is 29.7 Å². The Hall–Kier alpha value is -4.78. The summed E-state index contributed by atoms with van der Waals surface area (Å²) >= 11 is 0. The van der Waals surface area contributed by atoms with E-state index in [1.165, 1.54) is 5.69 Å². The highest BCUT2D eigenvalue weighted by Crippen LogP contribution is 2.66. The van der Waals surface area contributed by atoms with Crippen LogP contribution in [0.15, 0.2) is 54.6 Å². The molecule has 13 heteroatoms. The van der Waals surface area contributed by atoms with E-state index in [0.29, 0.717) is 11.5 Å². The fourth-order valence-corrected chi connectivity index (χ4v) is 6.29. The lowest BCUT2D eigenvalue weighted by Crippen LogP contribution is -2.44. The number of carboxylic acid groups (broad SMARTS) is 1. The van der Waals surface area contributed by atoms with Crippen LogP contribution in [0.4, 0.5) is 24.5 Å². The van der Waals surface area contributed by atoms with E-state index in [9.17, 15) is 18.0 Å². The molecule has 0 radical (unpaired) electrons. The van der Waals surface area contributed by atoms with Gasteiger partial charge in [-0.3, -0.25) is 9.89 Å². The van der Waals surface area contributed by atoms with E-state index in [-0.39, 0.29) is 11.8 Å². The number of hydrogen-bond acceptors (Lipinski definition) is 7. The number of carbonyl (C=O) groups excluding carboxylic acids is 1. The molecule has 45 heavy (non-hydrogen) atoms. The highest BCUT2D eigenvalue weighted by Gasteiger charge is 2.65. The highest BCUT2D eigenvalue weighted by molar-refractivity contribution is 6.10. The quantitative estimate of drug-likeness (QED) is 0.284. The Morgan fingerprint density at radius 1 is 1.00 bits per heavy atom. The number of nitrogens with one attached hydrogen (secondary N) is 2. The monoisotopic (exact) mass is 623 g/mol. The number of carboxylic acids is 1. The van der Waals surface area contributed by atoms with Gasteiger partial charge in [0.15, 0.2) is 11.5 Å². The molecule has 3 aliphatic rings. The van der Waals surface area contributed by atoms with Gasteiger partial charge in [-0.05, 0) is 48.9 Å². The maximum absolute atomic E-state index is 13.2. The maximum Gasteiger partial charge on any atom is 0.490 e. The Kier molecular flexibility index (Phi) is 7.59. The number of carbonyl (C=O) groups is 2. The van der Waals surface area contributed by atoms with Gasteiger partial charge in [0.05, 0.1) is 30.8 Å². The summed E-state index contributed by atoms with van der Waals surface area (Å²) in [6, 6.07) is 18.9. The average molecular weight is 624 g/mol. The van der Waals surface area contributed by atoms with Gasteiger partial charge in [-0.15, -0.1) is 0 Å². The number of halogens is 3. The summed E-state index contributed by atoms with van der Waals surface area (Å²) in [4.78, 5) is 26.9. The number of ether oxygens (including phenoxy) is 2. The molecule has 1 saturated carbocycles. The largest absolute Gasteiger partial charge is 0.493 e. The van der Waals surface area contributed by atoms with E-state index < -0.39 is 17.6 Å². The lowest BCUT2D eigenvalue weighted by molar-refractivity contribution is -0.192. The zero-order valence-corrected chi connectivity index (χ0v) is 24.9. The lowest BCUT2D eigenvalue weighted by Gasteiger charge is -2.34. The first-order valence-corrected chi connectivity index (χ1v) is 14.4. The first-order chi connectivity index (χ1) is 21.5. The number of benzene rings is 3. The van der Waals surface area contributed by atoms with Crippen molar-refractivity contribution in [2.24, 2.45) is 0 Å². The molecule has 2 unspecified atom stereocenters. The molecule has 3 aromatic carbocycles. The third kappa shape index (κ3) is 5.41. The average Bonchev–Trinajstić information content (AvgIpc) is 3.55. The SMILES string of the molecule is COc1cc2c(cc1OC)C1(CC1c1ccc3c(-c4ccc(N5CCN(C)CC5)cc4)n[nH]c3c1)C(=O)N2.O=C(O)C(F)(F)F. The molecular weight excluding hydrogens is 591 g/mol. The third-order valence-electron chi connectivity index (χ3n) is 8.86. The molecule has 3 heterocycles. The Morgan fingerprint density at radius 3 is 2.27 bits per heavy atom. The molecule has 2 aliphatic heterocycles. The van der Waals surface area contributed by atoms with Crippen molar-refractivity contribution in [3.05, 3.63) is 65.7 Å². The van der Waals surface area contributed by atoms with Gasteiger partial charge >= 0.3 is 12.1 Å². The van der Waals surface area contributed by atoms with Gasteiger partial charge in [0.2, 0.25) is 5.91 Å². The summed E-state index contributed by atoms with van der Waals surface area (Å²) in [5, 5.41) is 19.2. The van der Waals surface area contributed by atoms with Crippen molar-refractivity contribution in [2.45, 2.75) is 23.9 Å². The molecule has 3 N–H and O–H groups in total. The Morgan fingerprint density at radius 2 is 1.64 bits per heavy atom. The summed E-state index contributed by atoms with van der Waals surface area (Å²) in [7, 11) is 5.40. The van der Waals surface area contributed by atoms with E-state index in [0.717, 1.165) is 71.6 Å². The van der Waals surface area contributed by atoms with Crippen molar-refractivity contribution < 1.29 is 37.3 Å². The number of anilines is 2. The van der Waals surface area contributed by atoms with Crippen LogP contribution in [0.5, 0.6) is 11.5 Å². The molecule has 0 bridgehead atoms. The number of aliphatic carboxylic acids is 1. The second kappa shape index (κ2) is 11.3. The van der Waals surface area contributed by atoms with Crippen LogP contribution >= 0.6 is 0 Å². The minimum atomic E-state index is -5.08. The fraction of sp³-hybridized carbons (Fsp3) is 0.344. The standard InChI is InChI=1S/C30H31N5O3.C2HF3O2/c1-34-10-12-35(13-11-34)20-7-4-18(5-8-20)28-21-9-6-19(14-24(21)32-33-28)23-17-30(23)22-15-26(37-2)27(38-3)16-25(22)31-29(30)36;3-2(4,5)1(6)7/h4-9,14-16,23H,10-13,17H2,1-3H3,(H,31,36)(H,32,33);(H,6,7). The van der Waals surface area contributed by atoms with Crippen LogP contribution in [0, 0.1) is 0 Å². The topological polar surface area (TPSA) is 120 Å². The molecular formula is C32H32F3N5O5. The van der Waals surface area contributed by atoms with E-state index in [1.54, 1.807) is 14.2 Å². The zero-order valence-electron chi connectivity index (χ0n) is 24.9. The van der Waals surface area contributed by atoms with E-state index in [1.807, 2.05) is 12.1 Å². The van der Waals surface area contributed by atoms with Crippen molar-refractivity contribution in [1.29, 1.82) is 0 Å². The Balaban J connectivity index is 0.000000460. The predicted molar refractivity (Wildman–Crippen MR) is 162 cm³/mol. The number of alkyl halides is 3. The second-order valence-corrected chi connectivity index (χ2v) is 11.5. The van der Waals surface area contributed by atoms with E-state index in [2.05, 4.69) is 74.8 Å². The minimum absolute atomic E-state index is 0.0404.